The van der Waals surface area contributed by atoms with Crippen molar-refractivity contribution in [2.24, 2.45) is 0 Å². The fourth-order valence-electron chi connectivity index (χ4n) is 2.06. The third-order valence-corrected chi connectivity index (χ3v) is 3.32. The molecule has 2 N–H and O–H groups in total. The van der Waals surface area contributed by atoms with Crippen molar-refractivity contribution < 1.29 is 9.13 Å². The third-order valence-electron chi connectivity index (χ3n) is 3.32. The van der Waals surface area contributed by atoms with E-state index in [1.54, 1.807) is 12.3 Å². The van der Waals surface area contributed by atoms with Gasteiger partial charge in [0.2, 0.25) is 0 Å². The number of aromatic amines is 1. The third kappa shape index (κ3) is 2.61. The molecule has 0 aliphatic heterocycles. The SMILES string of the molecule is COc1ccc(-c2[nH]ncc2CNC2CC2)cc1F. The van der Waals surface area contributed by atoms with E-state index in [-0.39, 0.29) is 11.6 Å². The topological polar surface area (TPSA) is 49.9 Å². The number of methoxy groups -OCH3 is 1. The van der Waals surface area contributed by atoms with E-state index in [4.69, 9.17) is 4.74 Å². The van der Waals surface area contributed by atoms with Gasteiger partial charge in [0.1, 0.15) is 0 Å². The molecule has 1 fully saturated rings. The fourth-order valence-corrected chi connectivity index (χ4v) is 2.06. The summed E-state index contributed by atoms with van der Waals surface area (Å²) >= 11 is 0. The smallest absolute Gasteiger partial charge is 0.165 e. The molecule has 0 unspecified atom stereocenters. The molecule has 0 bridgehead atoms. The first-order chi connectivity index (χ1) is 9.28. The van der Waals surface area contributed by atoms with Crippen LogP contribution in [-0.4, -0.2) is 23.3 Å². The molecule has 5 heteroatoms. The Morgan fingerprint density at radius 2 is 2.32 bits per heavy atom. The molecule has 2 aromatic rings. The second-order valence-electron chi connectivity index (χ2n) is 4.77. The van der Waals surface area contributed by atoms with Gasteiger partial charge in [-0.15, -0.1) is 0 Å². The highest BCUT2D eigenvalue weighted by Gasteiger charge is 2.21. The van der Waals surface area contributed by atoms with Crippen LogP contribution in [0.1, 0.15) is 18.4 Å². The summed E-state index contributed by atoms with van der Waals surface area (Å²) in [6, 6.07) is 5.56. The average molecular weight is 261 g/mol. The maximum absolute atomic E-state index is 13.7. The Morgan fingerprint density at radius 3 is 3.00 bits per heavy atom. The first-order valence-corrected chi connectivity index (χ1v) is 6.37. The van der Waals surface area contributed by atoms with E-state index >= 15 is 0 Å². The number of nitrogens with zero attached hydrogens (tertiary/aromatic N) is 1. The van der Waals surface area contributed by atoms with Crippen molar-refractivity contribution >= 4 is 0 Å². The molecular formula is C14H16FN3O. The van der Waals surface area contributed by atoms with Crippen LogP contribution in [0.15, 0.2) is 24.4 Å². The van der Waals surface area contributed by atoms with Crippen LogP contribution in [-0.2, 0) is 6.54 Å². The van der Waals surface area contributed by atoms with Gasteiger partial charge in [-0.25, -0.2) is 4.39 Å². The molecule has 1 aromatic heterocycles. The Bertz CT molecular complexity index is 578. The van der Waals surface area contributed by atoms with Crippen molar-refractivity contribution in [1.29, 1.82) is 0 Å². The highest BCUT2D eigenvalue weighted by molar-refractivity contribution is 5.63. The van der Waals surface area contributed by atoms with Crippen LogP contribution >= 0.6 is 0 Å². The maximum atomic E-state index is 13.7. The predicted molar refractivity (Wildman–Crippen MR) is 70.4 cm³/mol. The van der Waals surface area contributed by atoms with E-state index in [2.05, 4.69) is 15.5 Å². The highest BCUT2D eigenvalue weighted by atomic mass is 19.1. The van der Waals surface area contributed by atoms with Gasteiger partial charge in [-0.1, -0.05) is 0 Å². The summed E-state index contributed by atoms with van der Waals surface area (Å²) in [6.45, 7) is 0.754. The number of benzene rings is 1. The van der Waals surface area contributed by atoms with E-state index in [9.17, 15) is 4.39 Å². The molecule has 0 radical (unpaired) electrons. The number of hydrogen-bond acceptors (Lipinski definition) is 3. The van der Waals surface area contributed by atoms with Crippen LogP contribution in [0.5, 0.6) is 5.75 Å². The van der Waals surface area contributed by atoms with Gasteiger partial charge in [0.05, 0.1) is 19.0 Å². The number of hydrogen-bond donors (Lipinski definition) is 2. The fraction of sp³-hybridized carbons (Fsp3) is 0.357. The van der Waals surface area contributed by atoms with Gasteiger partial charge in [-0.3, -0.25) is 5.10 Å². The molecular weight excluding hydrogens is 245 g/mol. The number of ether oxygens (including phenoxy) is 1. The summed E-state index contributed by atoms with van der Waals surface area (Å²) in [7, 11) is 1.46. The highest BCUT2D eigenvalue weighted by Crippen LogP contribution is 2.27. The van der Waals surface area contributed by atoms with Crippen LogP contribution < -0.4 is 10.1 Å². The second kappa shape index (κ2) is 5.01. The molecule has 1 aliphatic rings. The zero-order chi connectivity index (χ0) is 13.2. The lowest BCUT2D eigenvalue weighted by atomic mass is 10.1. The molecule has 1 heterocycles. The van der Waals surface area contributed by atoms with E-state index in [0.29, 0.717) is 6.04 Å². The summed E-state index contributed by atoms with van der Waals surface area (Å²) in [4.78, 5) is 0. The van der Waals surface area contributed by atoms with Gasteiger partial charge < -0.3 is 10.1 Å². The first-order valence-electron chi connectivity index (χ1n) is 6.37. The monoisotopic (exact) mass is 261 g/mol. The molecule has 0 atom stereocenters. The normalized spacial score (nSPS) is 14.6. The quantitative estimate of drug-likeness (QED) is 0.869. The molecule has 0 saturated heterocycles. The van der Waals surface area contributed by atoms with E-state index < -0.39 is 0 Å². The van der Waals surface area contributed by atoms with Crippen molar-refractivity contribution in [2.75, 3.05) is 7.11 Å². The molecule has 4 nitrogen and oxygen atoms in total. The van der Waals surface area contributed by atoms with Crippen molar-refractivity contribution in [3.05, 3.63) is 35.8 Å². The first kappa shape index (κ1) is 12.2. The van der Waals surface area contributed by atoms with E-state index in [1.807, 2.05) is 6.07 Å². The van der Waals surface area contributed by atoms with Gasteiger partial charge >= 0.3 is 0 Å². The summed E-state index contributed by atoms with van der Waals surface area (Å²) < 4.78 is 18.6. The molecule has 1 aromatic carbocycles. The van der Waals surface area contributed by atoms with Gasteiger partial charge in [-0.2, -0.15) is 5.10 Å². The molecule has 1 aliphatic carbocycles. The zero-order valence-corrected chi connectivity index (χ0v) is 10.7. The van der Waals surface area contributed by atoms with Gasteiger partial charge in [0.15, 0.2) is 11.6 Å². The van der Waals surface area contributed by atoms with E-state index in [1.165, 1.54) is 26.0 Å². The van der Waals surface area contributed by atoms with Gasteiger partial charge in [0, 0.05) is 23.7 Å². The summed E-state index contributed by atoms with van der Waals surface area (Å²) in [6.07, 6.45) is 4.27. The molecule has 19 heavy (non-hydrogen) atoms. The van der Waals surface area contributed by atoms with Crippen molar-refractivity contribution in [1.82, 2.24) is 15.5 Å². The van der Waals surface area contributed by atoms with Crippen LogP contribution in [0.25, 0.3) is 11.3 Å². The Labute approximate surface area is 111 Å². The summed E-state index contributed by atoms with van der Waals surface area (Å²) in [5.41, 5.74) is 2.69. The number of nitrogens with one attached hydrogen (secondary N) is 2. The van der Waals surface area contributed by atoms with Crippen LogP contribution in [0.4, 0.5) is 4.39 Å². The number of H-pyrrole nitrogens is 1. The lowest BCUT2D eigenvalue weighted by Crippen LogP contribution is -2.15. The van der Waals surface area contributed by atoms with Gasteiger partial charge in [-0.05, 0) is 31.0 Å². The van der Waals surface area contributed by atoms with Crippen LogP contribution in [0.2, 0.25) is 0 Å². The molecule has 0 spiro atoms. The minimum Gasteiger partial charge on any atom is -0.494 e. The minimum absolute atomic E-state index is 0.251. The van der Waals surface area contributed by atoms with Crippen LogP contribution in [0, 0.1) is 5.82 Å². The maximum Gasteiger partial charge on any atom is 0.165 e. The largest absolute Gasteiger partial charge is 0.494 e. The average Bonchev–Trinajstić information content (AvgIpc) is 3.13. The van der Waals surface area contributed by atoms with Gasteiger partial charge in [0.25, 0.3) is 0 Å². The molecule has 1 saturated carbocycles. The van der Waals surface area contributed by atoms with E-state index in [0.717, 1.165) is 23.4 Å². The molecule has 100 valence electrons. The van der Waals surface area contributed by atoms with Crippen molar-refractivity contribution in [3.8, 4) is 17.0 Å². The summed E-state index contributed by atoms with van der Waals surface area (Å²) in [5.74, 6) is -0.114. The second-order valence-corrected chi connectivity index (χ2v) is 4.77. The molecule has 3 rings (SSSR count). The standard InChI is InChI=1S/C14H16FN3O/c1-19-13-5-2-9(6-12(13)15)14-10(8-17-18-14)7-16-11-3-4-11/h2,5-6,8,11,16H,3-4,7H2,1H3,(H,17,18). The summed E-state index contributed by atoms with van der Waals surface area (Å²) in [5, 5.41) is 10.4. The Kier molecular flexibility index (Phi) is 3.21. The number of halogens is 1. The lowest BCUT2D eigenvalue weighted by molar-refractivity contribution is 0.386. The Hall–Kier alpha value is -1.88. The van der Waals surface area contributed by atoms with Crippen molar-refractivity contribution in [3.63, 3.8) is 0 Å². The predicted octanol–water partition coefficient (Wildman–Crippen LogP) is 2.48. The minimum atomic E-state index is -0.365. The Balaban J connectivity index is 1.84. The molecule has 0 amide bonds. The van der Waals surface area contributed by atoms with Crippen LogP contribution in [0.3, 0.4) is 0 Å². The Morgan fingerprint density at radius 1 is 1.47 bits per heavy atom. The lowest BCUT2D eigenvalue weighted by Gasteiger charge is -2.07. The number of aromatic nitrogens is 2. The van der Waals surface area contributed by atoms with Crippen molar-refractivity contribution in [2.45, 2.75) is 25.4 Å². The zero-order valence-electron chi connectivity index (χ0n) is 10.7. The number of rotatable bonds is 5.